The van der Waals surface area contributed by atoms with Crippen molar-refractivity contribution in [1.29, 1.82) is 0 Å². The standard InChI is InChI=1S/C22H25N3O4/c26-20(23-16-7-2-1-3-8-16)21(27)24-17-11-10-15-6-4-12-25(18(15)14-17)22(28)19-9-5-13-29-19/h5,9-11,13-14,16H,1-4,6-8,12H2,(H,23,26)(H,24,27). The summed E-state index contributed by atoms with van der Waals surface area (Å²) in [5, 5.41) is 5.48. The van der Waals surface area contributed by atoms with E-state index in [1.165, 1.54) is 12.7 Å². The van der Waals surface area contributed by atoms with Crippen LogP contribution in [-0.2, 0) is 16.0 Å². The molecule has 2 aliphatic rings. The molecular weight excluding hydrogens is 370 g/mol. The summed E-state index contributed by atoms with van der Waals surface area (Å²) in [5.41, 5.74) is 2.26. The van der Waals surface area contributed by atoms with Gasteiger partial charge in [0, 0.05) is 24.0 Å². The number of nitrogens with zero attached hydrogens (tertiary/aromatic N) is 1. The number of anilines is 2. The first-order chi connectivity index (χ1) is 14.1. The third-order valence-electron chi connectivity index (χ3n) is 5.59. The van der Waals surface area contributed by atoms with E-state index in [1.54, 1.807) is 29.2 Å². The molecule has 2 heterocycles. The van der Waals surface area contributed by atoms with E-state index >= 15 is 0 Å². The van der Waals surface area contributed by atoms with Crippen molar-refractivity contribution in [2.24, 2.45) is 0 Å². The maximum Gasteiger partial charge on any atom is 0.313 e. The SMILES string of the molecule is O=C(Nc1ccc2c(c1)N(C(=O)c1ccco1)CCC2)C(=O)NC1CCCCC1. The van der Waals surface area contributed by atoms with Crippen LogP contribution in [-0.4, -0.2) is 30.3 Å². The van der Waals surface area contributed by atoms with Crippen LogP contribution in [0.3, 0.4) is 0 Å². The smallest absolute Gasteiger partial charge is 0.313 e. The Hall–Kier alpha value is -3.09. The van der Waals surface area contributed by atoms with Gasteiger partial charge in [-0.05, 0) is 55.5 Å². The molecule has 0 spiro atoms. The lowest BCUT2D eigenvalue weighted by molar-refractivity contribution is -0.136. The Labute approximate surface area is 169 Å². The molecule has 1 fully saturated rings. The fourth-order valence-electron chi connectivity index (χ4n) is 4.08. The molecular formula is C22H25N3O4. The quantitative estimate of drug-likeness (QED) is 0.781. The van der Waals surface area contributed by atoms with Gasteiger partial charge in [-0.3, -0.25) is 14.4 Å². The van der Waals surface area contributed by atoms with Gasteiger partial charge in [-0.2, -0.15) is 0 Å². The van der Waals surface area contributed by atoms with Gasteiger partial charge in [0.2, 0.25) is 0 Å². The van der Waals surface area contributed by atoms with E-state index in [0.29, 0.717) is 12.2 Å². The van der Waals surface area contributed by atoms with Crippen molar-refractivity contribution >= 4 is 29.1 Å². The Kier molecular flexibility index (Phi) is 5.64. The average molecular weight is 395 g/mol. The van der Waals surface area contributed by atoms with Crippen molar-refractivity contribution in [3.63, 3.8) is 0 Å². The van der Waals surface area contributed by atoms with Gasteiger partial charge in [0.1, 0.15) is 0 Å². The minimum absolute atomic E-state index is 0.0759. The van der Waals surface area contributed by atoms with Crippen LogP contribution >= 0.6 is 0 Å². The minimum atomic E-state index is -0.685. The Morgan fingerprint density at radius 3 is 2.59 bits per heavy atom. The monoisotopic (exact) mass is 395 g/mol. The molecule has 2 aromatic rings. The van der Waals surface area contributed by atoms with Crippen LogP contribution in [0.5, 0.6) is 0 Å². The fraction of sp³-hybridized carbons (Fsp3) is 0.409. The first-order valence-corrected chi connectivity index (χ1v) is 10.2. The van der Waals surface area contributed by atoms with Crippen molar-refractivity contribution in [1.82, 2.24) is 5.32 Å². The number of furan rings is 1. The van der Waals surface area contributed by atoms with E-state index in [2.05, 4.69) is 10.6 Å². The summed E-state index contributed by atoms with van der Waals surface area (Å²) in [6.45, 7) is 0.575. The van der Waals surface area contributed by atoms with Crippen LogP contribution in [0.1, 0.15) is 54.6 Å². The molecule has 1 aromatic heterocycles. The molecule has 1 aliphatic heterocycles. The van der Waals surface area contributed by atoms with E-state index < -0.39 is 11.8 Å². The van der Waals surface area contributed by atoms with E-state index in [0.717, 1.165) is 49.8 Å². The van der Waals surface area contributed by atoms with Crippen LogP contribution in [0.2, 0.25) is 0 Å². The van der Waals surface area contributed by atoms with Gasteiger partial charge < -0.3 is 20.0 Å². The van der Waals surface area contributed by atoms with Gasteiger partial charge in [-0.15, -0.1) is 0 Å². The lowest BCUT2D eigenvalue weighted by atomic mass is 9.95. The molecule has 1 saturated carbocycles. The van der Waals surface area contributed by atoms with Gasteiger partial charge in [-0.25, -0.2) is 0 Å². The van der Waals surface area contributed by atoms with Gasteiger partial charge in [0.05, 0.1) is 6.26 Å². The third kappa shape index (κ3) is 4.34. The number of fused-ring (bicyclic) bond motifs is 1. The highest BCUT2D eigenvalue weighted by molar-refractivity contribution is 6.39. The fourth-order valence-corrected chi connectivity index (χ4v) is 4.08. The van der Waals surface area contributed by atoms with Gasteiger partial charge in [-0.1, -0.05) is 25.3 Å². The highest BCUT2D eigenvalue weighted by atomic mass is 16.3. The van der Waals surface area contributed by atoms with Crippen molar-refractivity contribution < 1.29 is 18.8 Å². The molecule has 0 saturated heterocycles. The molecule has 1 aliphatic carbocycles. The molecule has 152 valence electrons. The molecule has 1 aromatic carbocycles. The van der Waals surface area contributed by atoms with Gasteiger partial charge in [0.25, 0.3) is 5.91 Å². The Bertz CT molecular complexity index is 901. The van der Waals surface area contributed by atoms with Crippen LogP contribution in [0.25, 0.3) is 0 Å². The number of hydrogen-bond donors (Lipinski definition) is 2. The Morgan fingerprint density at radius 1 is 1.00 bits per heavy atom. The first kappa shape index (κ1) is 19.2. The van der Waals surface area contributed by atoms with Gasteiger partial charge >= 0.3 is 11.8 Å². The second kappa shape index (κ2) is 8.51. The number of amides is 3. The summed E-state index contributed by atoms with van der Waals surface area (Å²) in [4.78, 5) is 39.0. The van der Waals surface area contributed by atoms with Crippen LogP contribution in [0.15, 0.2) is 41.0 Å². The summed E-state index contributed by atoms with van der Waals surface area (Å²) in [5.74, 6) is -1.23. The minimum Gasteiger partial charge on any atom is -0.459 e. The number of benzene rings is 1. The molecule has 7 nitrogen and oxygen atoms in total. The molecule has 29 heavy (non-hydrogen) atoms. The van der Waals surface area contributed by atoms with Crippen LogP contribution in [0.4, 0.5) is 11.4 Å². The summed E-state index contributed by atoms with van der Waals surface area (Å²) in [6, 6.07) is 8.81. The number of carbonyl (C=O) groups is 3. The topological polar surface area (TPSA) is 91.7 Å². The normalized spacial score (nSPS) is 16.8. The maximum atomic E-state index is 12.8. The highest BCUT2D eigenvalue weighted by Gasteiger charge is 2.26. The van der Waals surface area contributed by atoms with E-state index in [4.69, 9.17) is 4.42 Å². The predicted octanol–water partition coefficient (Wildman–Crippen LogP) is 3.26. The number of nitrogens with one attached hydrogen (secondary N) is 2. The molecule has 7 heteroatoms. The molecule has 0 unspecified atom stereocenters. The lowest BCUT2D eigenvalue weighted by Gasteiger charge is -2.29. The van der Waals surface area contributed by atoms with Crippen molar-refractivity contribution in [2.45, 2.75) is 51.0 Å². The highest BCUT2D eigenvalue weighted by Crippen LogP contribution is 2.31. The molecule has 3 amide bonds. The summed E-state index contributed by atoms with van der Waals surface area (Å²) >= 11 is 0. The largest absolute Gasteiger partial charge is 0.459 e. The number of rotatable bonds is 3. The average Bonchev–Trinajstić information content (AvgIpc) is 3.28. The van der Waals surface area contributed by atoms with E-state index in [-0.39, 0.29) is 17.7 Å². The number of carbonyl (C=O) groups excluding carboxylic acids is 3. The molecule has 4 rings (SSSR count). The van der Waals surface area contributed by atoms with Crippen LogP contribution in [0, 0.1) is 0 Å². The summed E-state index contributed by atoms with van der Waals surface area (Å²) in [7, 11) is 0. The number of hydrogen-bond acceptors (Lipinski definition) is 4. The zero-order valence-electron chi connectivity index (χ0n) is 16.3. The second-order valence-corrected chi connectivity index (χ2v) is 7.64. The Balaban J connectivity index is 1.46. The second-order valence-electron chi connectivity index (χ2n) is 7.64. The van der Waals surface area contributed by atoms with Crippen molar-refractivity contribution in [3.05, 3.63) is 47.9 Å². The van der Waals surface area contributed by atoms with E-state index in [9.17, 15) is 14.4 Å². The zero-order valence-corrected chi connectivity index (χ0v) is 16.3. The maximum absolute atomic E-state index is 12.8. The zero-order chi connectivity index (χ0) is 20.2. The van der Waals surface area contributed by atoms with Crippen molar-refractivity contribution in [2.75, 3.05) is 16.8 Å². The molecule has 0 radical (unpaired) electrons. The molecule has 0 atom stereocenters. The van der Waals surface area contributed by atoms with Crippen molar-refractivity contribution in [3.8, 4) is 0 Å². The van der Waals surface area contributed by atoms with Crippen LogP contribution < -0.4 is 15.5 Å². The lowest BCUT2D eigenvalue weighted by Crippen LogP contribution is -2.42. The summed E-state index contributed by atoms with van der Waals surface area (Å²) < 4.78 is 5.25. The van der Waals surface area contributed by atoms with Gasteiger partial charge in [0.15, 0.2) is 5.76 Å². The molecule has 2 N–H and O–H groups in total. The number of aryl methyl sites for hydroxylation is 1. The third-order valence-corrected chi connectivity index (χ3v) is 5.59. The predicted molar refractivity (Wildman–Crippen MR) is 109 cm³/mol. The first-order valence-electron chi connectivity index (χ1n) is 10.2. The Morgan fingerprint density at radius 2 is 1.83 bits per heavy atom. The molecule has 0 bridgehead atoms. The van der Waals surface area contributed by atoms with E-state index in [1.807, 2.05) is 6.07 Å². The summed E-state index contributed by atoms with van der Waals surface area (Å²) in [6.07, 6.45) is 8.36.